The van der Waals surface area contributed by atoms with E-state index in [1.165, 1.54) is 4.68 Å². The number of benzene rings is 1. The molecule has 2 aromatic rings. The zero-order chi connectivity index (χ0) is 16.9. The number of amides is 1. The molecular formula is C17H22N4O3. The summed E-state index contributed by atoms with van der Waals surface area (Å²) in [6.07, 6.45) is 3.20. The van der Waals surface area contributed by atoms with Crippen LogP contribution in [0.5, 0.6) is 0 Å². The Morgan fingerprint density at radius 1 is 1.42 bits per heavy atom. The van der Waals surface area contributed by atoms with Gasteiger partial charge in [-0.15, -0.1) is 0 Å². The summed E-state index contributed by atoms with van der Waals surface area (Å²) >= 11 is 0. The summed E-state index contributed by atoms with van der Waals surface area (Å²) in [5.74, 6) is 0. The summed E-state index contributed by atoms with van der Waals surface area (Å²) in [4.78, 5) is 26.2. The highest BCUT2D eigenvalue weighted by molar-refractivity contribution is 5.80. The molecule has 1 aliphatic heterocycles. The second-order valence-corrected chi connectivity index (χ2v) is 5.96. The summed E-state index contributed by atoms with van der Waals surface area (Å²) in [6.45, 7) is 4.12. The van der Waals surface area contributed by atoms with E-state index in [1.54, 1.807) is 13.1 Å². The lowest BCUT2D eigenvalue weighted by Gasteiger charge is -2.32. The van der Waals surface area contributed by atoms with Crippen molar-refractivity contribution < 1.29 is 9.53 Å². The highest BCUT2D eigenvalue weighted by atomic mass is 16.5. The van der Waals surface area contributed by atoms with E-state index in [2.05, 4.69) is 15.3 Å². The largest absolute Gasteiger partial charge is 0.450 e. The van der Waals surface area contributed by atoms with Gasteiger partial charge in [0.25, 0.3) is 5.56 Å². The van der Waals surface area contributed by atoms with Gasteiger partial charge in [-0.3, -0.25) is 9.69 Å². The van der Waals surface area contributed by atoms with Crippen molar-refractivity contribution >= 4 is 16.9 Å². The molecular weight excluding hydrogens is 308 g/mol. The maximum Gasteiger partial charge on any atom is 0.407 e. The quantitative estimate of drug-likeness (QED) is 0.921. The Labute approximate surface area is 140 Å². The van der Waals surface area contributed by atoms with Crippen LogP contribution in [0.15, 0.2) is 35.3 Å². The minimum atomic E-state index is -0.384. The van der Waals surface area contributed by atoms with Gasteiger partial charge in [0.1, 0.15) is 0 Å². The van der Waals surface area contributed by atoms with Gasteiger partial charge in [-0.1, -0.05) is 18.2 Å². The van der Waals surface area contributed by atoms with E-state index in [0.29, 0.717) is 25.2 Å². The summed E-state index contributed by atoms with van der Waals surface area (Å²) < 4.78 is 6.41. The fourth-order valence-electron chi connectivity index (χ4n) is 3.06. The van der Waals surface area contributed by atoms with Gasteiger partial charge < -0.3 is 10.1 Å². The number of aromatic nitrogens is 2. The molecule has 1 N–H and O–H groups in total. The van der Waals surface area contributed by atoms with Gasteiger partial charge >= 0.3 is 6.09 Å². The zero-order valence-corrected chi connectivity index (χ0v) is 13.8. The fourth-order valence-corrected chi connectivity index (χ4v) is 3.06. The lowest BCUT2D eigenvalue weighted by molar-refractivity contribution is 0.120. The summed E-state index contributed by atoms with van der Waals surface area (Å²) in [5, 5.41) is 8.65. The van der Waals surface area contributed by atoms with E-state index in [9.17, 15) is 9.59 Å². The normalized spacial score (nSPS) is 18.5. The van der Waals surface area contributed by atoms with Gasteiger partial charge in [0.2, 0.25) is 0 Å². The average molecular weight is 330 g/mol. The maximum atomic E-state index is 12.5. The molecule has 0 saturated carbocycles. The highest BCUT2D eigenvalue weighted by Crippen LogP contribution is 2.12. The summed E-state index contributed by atoms with van der Waals surface area (Å²) in [7, 11) is 0. The van der Waals surface area contributed by atoms with Gasteiger partial charge in [-0.2, -0.15) is 5.10 Å². The Kier molecular flexibility index (Phi) is 5.10. The van der Waals surface area contributed by atoms with Crippen molar-refractivity contribution in [1.29, 1.82) is 0 Å². The maximum absolute atomic E-state index is 12.5. The molecule has 1 fully saturated rings. The third kappa shape index (κ3) is 3.73. The lowest BCUT2D eigenvalue weighted by Crippen LogP contribution is -2.49. The second kappa shape index (κ2) is 7.44. The van der Waals surface area contributed by atoms with Crippen LogP contribution in [0.3, 0.4) is 0 Å². The molecule has 7 nitrogen and oxygen atoms in total. The SMILES string of the molecule is CCOC(=O)NC1CCCN(Cn2ncc3ccccc3c2=O)C1. The van der Waals surface area contributed by atoms with E-state index < -0.39 is 0 Å². The Bertz CT molecular complexity index is 774. The molecule has 2 heterocycles. The third-order valence-corrected chi connectivity index (χ3v) is 4.20. The average Bonchev–Trinajstić information content (AvgIpc) is 2.58. The van der Waals surface area contributed by atoms with Crippen molar-refractivity contribution in [2.24, 2.45) is 0 Å². The van der Waals surface area contributed by atoms with Crippen LogP contribution in [0.1, 0.15) is 19.8 Å². The van der Waals surface area contributed by atoms with Crippen LogP contribution in [0, 0.1) is 0 Å². The smallest absolute Gasteiger partial charge is 0.407 e. The van der Waals surface area contributed by atoms with Gasteiger partial charge in [-0.05, 0) is 25.8 Å². The van der Waals surface area contributed by atoms with E-state index in [1.807, 2.05) is 24.3 Å². The van der Waals surface area contributed by atoms with Crippen molar-refractivity contribution in [3.05, 3.63) is 40.8 Å². The molecule has 7 heteroatoms. The van der Waals surface area contributed by atoms with Crippen LogP contribution in [0.25, 0.3) is 10.8 Å². The predicted octanol–water partition coefficient (Wildman–Crippen LogP) is 1.56. The van der Waals surface area contributed by atoms with E-state index in [0.717, 1.165) is 24.8 Å². The van der Waals surface area contributed by atoms with Crippen LogP contribution in [0.2, 0.25) is 0 Å². The van der Waals surface area contributed by atoms with E-state index in [-0.39, 0.29) is 17.7 Å². The van der Waals surface area contributed by atoms with Gasteiger partial charge in [0.15, 0.2) is 0 Å². The fraction of sp³-hybridized carbons (Fsp3) is 0.471. The molecule has 128 valence electrons. The van der Waals surface area contributed by atoms with Crippen LogP contribution in [0.4, 0.5) is 4.79 Å². The number of carbonyl (C=O) groups is 1. The molecule has 0 spiro atoms. The van der Waals surface area contributed by atoms with E-state index in [4.69, 9.17) is 4.74 Å². The van der Waals surface area contributed by atoms with Crippen molar-refractivity contribution in [2.45, 2.75) is 32.5 Å². The Morgan fingerprint density at radius 3 is 3.08 bits per heavy atom. The molecule has 1 amide bonds. The number of fused-ring (bicyclic) bond motifs is 1. The molecule has 1 unspecified atom stereocenters. The van der Waals surface area contributed by atoms with Gasteiger partial charge in [0.05, 0.1) is 24.9 Å². The number of nitrogens with zero attached hydrogens (tertiary/aromatic N) is 3. The second-order valence-electron chi connectivity index (χ2n) is 5.96. The number of hydrogen-bond donors (Lipinski definition) is 1. The minimum Gasteiger partial charge on any atom is -0.450 e. The predicted molar refractivity (Wildman–Crippen MR) is 90.8 cm³/mol. The van der Waals surface area contributed by atoms with Crippen LogP contribution >= 0.6 is 0 Å². The molecule has 3 rings (SSSR count). The molecule has 24 heavy (non-hydrogen) atoms. The van der Waals surface area contributed by atoms with Gasteiger partial charge in [-0.25, -0.2) is 9.48 Å². The van der Waals surface area contributed by atoms with E-state index >= 15 is 0 Å². The number of rotatable bonds is 4. The molecule has 1 aliphatic rings. The molecule has 0 bridgehead atoms. The number of alkyl carbamates (subject to hydrolysis) is 1. The van der Waals surface area contributed by atoms with Crippen LogP contribution in [-0.4, -0.2) is 46.5 Å². The summed E-state index contributed by atoms with van der Waals surface area (Å²) in [5.41, 5.74) is -0.0893. The van der Waals surface area contributed by atoms with Gasteiger partial charge in [0, 0.05) is 24.5 Å². The zero-order valence-electron chi connectivity index (χ0n) is 13.8. The van der Waals surface area contributed by atoms with Crippen molar-refractivity contribution in [3.8, 4) is 0 Å². The first-order valence-corrected chi connectivity index (χ1v) is 8.28. The third-order valence-electron chi connectivity index (χ3n) is 4.20. The van der Waals surface area contributed by atoms with Crippen LogP contribution in [-0.2, 0) is 11.4 Å². The number of ether oxygens (including phenoxy) is 1. The first kappa shape index (κ1) is 16.4. The number of hydrogen-bond acceptors (Lipinski definition) is 5. The molecule has 1 atom stereocenters. The molecule has 1 saturated heterocycles. The molecule has 0 aliphatic carbocycles. The highest BCUT2D eigenvalue weighted by Gasteiger charge is 2.22. The van der Waals surface area contributed by atoms with Crippen molar-refractivity contribution in [1.82, 2.24) is 20.0 Å². The number of likely N-dealkylation sites (tertiary alicyclic amines) is 1. The Morgan fingerprint density at radius 2 is 2.25 bits per heavy atom. The molecule has 1 aromatic carbocycles. The van der Waals surface area contributed by atoms with Crippen molar-refractivity contribution in [2.75, 3.05) is 19.7 Å². The monoisotopic (exact) mass is 330 g/mol. The first-order chi connectivity index (χ1) is 11.7. The number of nitrogens with one attached hydrogen (secondary N) is 1. The Balaban J connectivity index is 1.68. The number of carbonyl (C=O) groups excluding carboxylic acids is 1. The Hall–Kier alpha value is -2.41. The van der Waals surface area contributed by atoms with Crippen molar-refractivity contribution in [3.63, 3.8) is 0 Å². The standard InChI is InChI=1S/C17H22N4O3/c1-2-24-17(23)19-14-7-5-9-20(11-14)12-21-16(22)15-8-4-3-6-13(15)10-18-21/h3-4,6,8,10,14H,2,5,7,9,11-12H2,1H3,(H,19,23). The summed E-state index contributed by atoms with van der Waals surface area (Å²) in [6, 6.07) is 7.48. The topological polar surface area (TPSA) is 76.5 Å². The molecule has 0 radical (unpaired) electrons. The van der Waals surface area contributed by atoms with Crippen LogP contribution < -0.4 is 10.9 Å². The minimum absolute atomic E-state index is 0.0361. The first-order valence-electron chi connectivity index (χ1n) is 8.28. The molecule has 1 aromatic heterocycles. The lowest BCUT2D eigenvalue weighted by atomic mass is 10.1. The number of piperidine rings is 1.